The van der Waals surface area contributed by atoms with Crippen LogP contribution in [0.1, 0.15) is 26.7 Å². The maximum absolute atomic E-state index is 12.6. The Bertz CT molecular complexity index is 834. The molecule has 3 aromatic rings. The van der Waals surface area contributed by atoms with Gasteiger partial charge in [-0.3, -0.25) is 4.79 Å². The van der Waals surface area contributed by atoms with Gasteiger partial charge in [0.15, 0.2) is 11.6 Å². The Labute approximate surface area is 164 Å². The number of carbonyl (C=O) groups is 1. The molecule has 2 aromatic heterocycles. The lowest BCUT2D eigenvalue weighted by Crippen LogP contribution is -2.41. The third-order valence-corrected chi connectivity index (χ3v) is 4.72. The fraction of sp³-hybridized carbons (Fsp3) is 0.333. The zero-order valence-corrected chi connectivity index (χ0v) is 16.4. The number of hydrogen-bond donors (Lipinski definition) is 3. The molecule has 0 aliphatic rings. The summed E-state index contributed by atoms with van der Waals surface area (Å²) in [6.45, 7) is 4.31. The number of amides is 1. The minimum atomic E-state index is -0.526. The van der Waals surface area contributed by atoms with Crippen molar-refractivity contribution in [1.29, 1.82) is 0 Å². The molecule has 3 rings (SSSR count). The number of H-pyrrole nitrogens is 1. The third-order valence-electron chi connectivity index (χ3n) is 4.72. The Hall–Kier alpha value is -2.02. The van der Waals surface area contributed by atoms with Crippen molar-refractivity contribution < 1.29 is 9.21 Å². The summed E-state index contributed by atoms with van der Waals surface area (Å²) in [4.78, 5) is 20.3. The minimum Gasteiger partial charge on any atom is -0.461 e. The smallest absolute Gasteiger partial charge is 0.231 e. The lowest BCUT2D eigenvalue weighted by molar-refractivity contribution is -0.125. The van der Waals surface area contributed by atoms with Crippen LogP contribution in [0.2, 0.25) is 0 Å². The van der Waals surface area contributed by atoms with Crippen molar-refractivity contribution in [3.63, 3.8) is 0 Å². The van der Waals surface area contributed by atoms with Gasteiger partial charge in [-0.05, 0) is 43.2 Å². The number of fused-ring (bicyclic) bond motifs is 1. The van der Waals surface area contributed by atoms with E-state index in [1.54, 1.807) is 6.26 Å². The van der Waals surface area contributed by atoms with E-state index in [9.17, 15) is 4.79 Å². The van der Waals surface area contributed by atoms with E-state index < -0.39 is 5.41 Å². The van der Waals surface area contributed by atoms with Gasteiger partial charge in [-0.25, -0.2) is 4.98 Å². The van der Waals surface area contributed by atoms with E-state index in [1.807, 2.05) is 44.2 Å². The van der Waals surface area contributed by atoms with Gasteiger partial charge in [0, 0.05) is 12.2 Å². The summed E-state index contributed by atoms with van der Waals surface area (Å²) in [5.41, 5.74) is 7.70. The first-order chi connectivity index (χ1) is 11.6. The molecule has 0 unspecified atom stereocenters. The number of hydrogen-bond acceptors (Lipinski definition) is 4. The number of furan rings is 1. The van der Waals surface area contributed by atoms with Crippen molar-refractivity contribution >= 4 is 47.4 Å². The molecule has 0 aliphatic carbocycles. The summed E-state index contributed by atoms with van der Waals surface area (Å²) in [5, 5.41) is 2.98. The SMILES string of the molecule is CCC(CC)(CN)C(=O)Nc1ccc2nc(-c3ccco3)[nH]c2c1.Cl.Cl. The van der Waals surface area contributed by atoms with Crippen molar-refractivity contribution in [2.45, 2.75) is 26.7 Å². The number of benzene rings is 1. The largest absolute Gasteiger partial charge is 0.461 e. The van der Waals surface area contributed by atoms with E-state index >= 15 is 0 Å². The highest BCUT2D eigenvalue weighted by Crippen LogP contribution is 2.28. The summed E-state index contributed by atoms with van der Waals surface area (Å²) in [7, 11) is 0. The van der Waals surface area contributed by atoms with Crippen molar-refractivity contribution in [3.05, 3.63) is 36.6 Å². The molecule has 4 N–H and O–H groups in total. The zero-order valence-electron chi connectivity index (χ0n) is 14.7. The van der Waals surface area contributed by atoms with Gasteiger partial charge >= 0.3 is 0 Å². The Kier molecular flexibility index (Phi) is 7.68. The first-order valence-corrected chi connectivity index (χ1v) is 8.17. The van der Waals surface area contributed by atoms with Crippen molar-refractivity contribution in [3.8, 4) is 11.6 Å². The Balaban J connectivity index is 0.00000169. The van der Waals surface area contributed by atoms with Crippen LogP contribution < -0.4 is 11.1 Å². The molecule has 26 heavy (non-hydrogen) atoms. The van der Waals surface area contributed by atoms with Crippen molar-refractivity contribution in [2.75, 3.05) is 11.9 Å². The number of nitrogens with zero attached hydrogens (tertiary/aromatic N) is 1. The summed E-state index contributed by atoms with van der Waals surface area (Å²) in [6.07, 6.45) is 3.03. The maximum Gasteiger partial charge on any atom is 0.231 e. The van der Waals surface area contributed by atoms with E-state index in [1.165, 1.54) is 0 Å². The van der Waals surface area contributed by atoms with Crippen LogP contribution in [0.25, 0.3) is 22.6 Å². The van der Waals surface area contributed by atoms with Gasteiger partial charge in [-0.2, -0.15) is 0 Å². The van der Waals surface area contributed by atoms with Crippen molar-refractivity contribution in [1.82, 2.24) is 9.97 Å². The second kappa shape index (κ2) is 9.07. The molecule has 0 radical (unpaired) electrons. The second-order valence-corrected chi connectivity index (χ2v) is 5.94. The average molecular weight is 399 g/mol. The minimum absolute atomic E-state index is 0. The molecule has 2 heterocycles. The summed E-state index contributed by atoms with van der Waals surface area (Å²) >= 11 is 0. The molecular weight excluding hydrogens is 375 g/mol. The van der Waals surface area contributed by atoms with Crippen LogP contribution in [0.15, 0.2) is 41.0 Å². The van der Waals surface area contributed by atoms with Crippen LogP contribution in [0.5, 0.6) is 0 Å². The number of imidazole rings is 1. The molecule has 0 aliphatic heterocycles. The van der Waals surface area contributed by atoms with Crippen LogP contribution in [-0.2, 0) is 4.79 Å². The second-order valence-electron chi connectivity index (χ2n) is 5.94. The van der Waals surface area contributed by atoms with Crippen LogP contribution in [0.3, 0.4) is 0 Å². The molecule has 0 saturated heterocycles. The van der Waals surface area contributed by atoms with Gasteiger partial charge in [-0.15, -0.1) is 24.8 Å². The molecule has 0 spiro atoms. The van der Waals surface area contributed by atoms with Crippen LogP contribution in [-0.4, -0.2) is 22.4 Å². The molecule has 0 atom stereocenters. The number of aromatic amines is 1. The normalized spacial score (nSPS) is 10.9. The number of aromatic nitrogens is 2. The highest BCUT2D eigenvalue weighted by Gasteiger charge is 2.33. The number of rotatable bonds is 6. The fourth-order valence-electron chi connectivity index (χ4n) is 2.83. The highest BCUT2D eigenvalue weighted by molar-refractivity contribution is 5.97. The molecule has 6 nitrogen and oxygen atoms in total. The summed E-state index contributed by atoms with van der Waals surface area (Å²) in [6, 6.07) is 9.25. The molecular formula is C18H24Cl2N4O2. The standard InChI is InChI=1S/C18H22N4O2.2ClH/c1-3-18(4-2,11-19)17(23)20-12-7-8-13-14(10-12)22-16(21-13)15-6-5-9-24-15;;/h5-10H,3-4,11,19H2,1-2H3,(H,20,23)(H,21,22);2*1H. The Morgan fingerprint density at radius 2 is 2.00 bits per heavy atom. The van der Waals surface area contributed by atoms with Gasteiger partial charge in [0.05, 0.1) is 22.7 Å². The van der Waals surface area contributed by atoms with Crippen LogP contribution in [0, 0.1) is 5.41 Å². The number of halogens is 2. The van der Waals surface area contributed by atoms with Crippen LogP contribution >= 0.6 is 24.8 Å². The predicted molar refractivity (Wildman–Crippen MR) is 109 cm³/mol. The quantitative estimate of drug-likeness (QED) is 0.573. The number of carbonyl (C=O) groups excluding carboxylic acids is 1. The summed E-state index contributed by atoms with van der Waals surface area (Å²) in [5.74, 6) is 1.30. The first kappa shape index (κ1) is 22.0. The third kappa shape index (κ3) is 4.03. The number of anilines is 1. The molecule has 1 amide bonds. The highest BCUT2D eigenvalue weighted by atomic mass is 35.5. The first-order valence-electron chi connectivity index (χ1n) is 8.17. The van der Waals surface area contributed by atoms with E-state index in [4.69, 9.17) is 10.2 Å². The van der Waals surface area contributed by atoms with Gasteiger partial charge < -0.3 is 20.5 Å². The molecule has 0 fully saturated rings. The molecule has 8 heteroatoms. The van der Waals surface area contributed by atoms with Gasteiger partial charge in [-0.1, -0.05) is 13.8 Å². The molecule has 1 aromatic carbocycles. The fourth-order valence-corrected chi connectivity index (χ4v) is 2.83. The Morgan fingerprint density at radius 3 is 2.58 bits per heavy atom. The number of nitrogens with one attached hydrogen (secondary N) is 2. The molecule has 0 bridgehead atoms. The predicted octanol–water partition coefficient (Wildman–Crippen LogP) is 4.37. The lowest BCUT2D eigenvalue weighted by atomic mass is 9.81. The monoisotopic (exact) mass is 398 g/mol. The zero-order chi connectivity index (χ0) is 17.2. The average Bonchev–Trinajstić information content (AvgIpc) is 3.26. The maximum atomic E-state index is 12.6. The van der Waals surface area contributed by atoms with E-state index in [0.717, 1.165) is 16.7 Å². The van der Waals surface area contributed by atoms with Gasteiger partial charge in [0.2, 0.25) is 5.91 Å². The topological polar surface area (TPSA) is 96.9 Å². The summed E-state index contributed by atoms with van der Waals surface area (Å²) < 4.78 is 5.35. The van der Waals surface area contributed by atoms with Crippen LogP contribution in [0.4, 0.5) is 5.69 Å². The van der Waals surface area contributed by atoms with Gasteiger partial charge in [0.25, 0.3) is 0 Å². The van der Waals surface area contributed by atoms with E-state index in [2.05, 4.69) is 15.3 Å². The van der Waals surface area contributed by atoms with E-state index in [-0.39, 0.29) is 30.7 Å². The Morgan fingerprint density at radius 1 is 1.27 bits per heavy atom. The number of nitrogens with two attached hydrogens (primary N) is 1. The van der Waals surface area contributed by atoms with E-state index in [0.29, 0.717) is 31.0 Å². The van der Waals surface area contributed by atoms with Gasteiger partial charge in [0.1, 0.15) is 0 Å². The molecule has 0 saturated carbocycles. The lowest BCUT2D eigenvalue weighted by Gasteiger charge is -2.28. The van der Waals surface area contributed by atoms with Crippen molar-refractivity contribution in [2.24, 2.45) is 11.1 Å². The molecule has 142 valence electrons.